The molecule has 0 spiro atoms. The van der Waals surface area contributed by atoms with E-state index in [4.69, 9.17) is 0 Å². The molecule has 26 heavy (non-hydrogen) atoms. The van der Waals surface area contributed by atoms with E-state index in [9.17, 15) is 14.0 Å². The molecule has 2 heterocycles. The molecule has 0 bridgehead atoms. The highest BCUT2D eigenvalue weighted by molar-refractivity contribution is 5.96. The summed E-state index contributed by atoms with van der Waals surface area (Å²) in [5.41, 5.74) is 2.80. The van der Waals surface area contributed by atoms with Gasteiger partial charge in [0.05, 0.1) is 5.69 Å². The zero-order valence-electron chi connectivity index (χ0n) is 13.9. The van der Waals surface area contributed by atoms with Crippen molar-refractivity contribution in [1.29, 1.82) is 0 Å². The fourth-order valence-corrected chi connectivity index (χ4v) is 3.08. The van der Waals surface area contributed by atoms with E-state index in [-0.39, 0.29) is 17.4 Å². The molecule has 0 saturated carbocycles. The highest BCUT2D eigenvalue weighted by Crippen LogP contribution is 2.23. The lowest BCUT2D eigenvalue weighted by atomic mass is 10.1. The standard InChI is InChI=1S/C20H16FN3O2/c21-17-6-4-14(5-7-17)16-8-10-23(13-16)19(25)15-2-1-3-18(12-15)24-11-9-22-20(24)26/h1-9,11-12H,10,13H2,(H,22,26). The highest BCUT2D eigenvalue weighted by Gasteiger charge is 2.22. The van der Waals surface area contributed by atoms with Crippen LogP contribution in [0.4, 0.5) is 4.39 Å². The maximum absolute atomic E-state index is 13.1. The molecular weight excluding hydrogens is 333 g/mol. The van der Waals surface area contributed by atoms with Crippen molar-refractivity contribution in [3.8, 4) is 5.69 Å². The molecule has 1 aliphatic heterocycles. The first-order chi connectivity index (χ1) is 12.6. The van der Waals surface area contributed by atoms with Crippen LogP contribution in [0.5, 0.6) is 0 Å². The Morgan fingerprint density at radius 1 is 1.12 bits per heavy atom. The summed E-state index contributed by atoms with van der Waals surface area (Å²) in [4.78, 5) is 28.9. The van der Waals surface area contributed by atoms with Gasteiger partial charge in [-0.3, -0.25) is 9.36 Å². The fourth-order valence-electron chi connectivity index (χ4n) is 3.08. The van der Waals surface area contributed by atoms with Crippen molar-refractivity contribution in [3.63, 3.8) is 0 Å². The van der Waals surface area contributed by atoms with Gasteiger partial charge in [0.25, 0.3) is 5.91 Å². The number of aromatic amines is 1. The zero-order valence-corrected chi connectivity index (χ0v) is 13.9. The minimum absolute atomic E-state index is 0.108. The number of benzene rings is 2. The molecule has 4 rings (SSSR count). The molecule has 5 nitrogen and oxygen atoms in total. The number of H-pyrrole nitrogens is 1. The number of carbonyl (C=O) groups is 1. The smallest absolute Gasteiger partial charge is 0.330 e. The van der Waals surface area contributed by atoms with Gasteiger partial charge in [0.1, 0.15) is 5.82 Å². The monoisotopic (exact) mass is 349 g/mol. The van der Waals surface area contributed by atoms with Crippen LogP contribution in [0, 0.1) is 5.82 Å². The van der Waals surface area contributed by atoms with Crippen molar-refractivity contribution >= 4 is 11.5 Å². The number of aromatic nitrogens is 2. The van der Waals surface area contributed by atoms with E-state index in [1.807, 2.05) is 6.08 Å². The first-order valence-electron chi connectivity index (χ1n) is 8.22. The second-order valence-corrected chi connectivity index (χ2v) is 6.11. The van der Waals surface area contributed by atoms with Gasteiger partial charge in [-0.05, 0) is 41.5 Å². The molecule has 2 aromatic carbocycles. The topological polar surface area (TPSA) is 58.1 Å². The predicted octanol–water partition coefficient (Wildman–Crippen LogP) is 2.84. The Morgan fingerprint density at radius 2 is 1.92 bits per heavy atom. The minimum Gasteiger partial charge on any atom is -0.331 e. The summed E-state index contributed by atoms with van der Waals surface area (Å²) in [5, 5.41) is 0. The summed E-state index contributed by atoms with van der Waals surface area (Å²) in [5.74, 6) is -0.388. The van der Waals surface area contributed by atoms with Crippen LogP contribution < -0.4 is 5.69 Å². The lowest BCUT2D eigenvalue weighted by Crippen LogP contribution is -2.29. The number of nitrogens with zero attached hydrogens (tertiary/aromatic N) is 2. The van der Waals surface area contributed by atoms with Gasteiger partial charge in [-0.1, -0.05) is 24.3 Å². The summed E-state index contributed by atoms with van der Waals surface area (Å²) < 4.78 is 14.5. The molecule has 3 aromatic rings. The van der Waals surface area contributed by atoms with Crippen molar-refractivity contribution in [2.75, 3.05) is 13.1 Å². The zero-order chi connectivity index (χ0) is 18.1. The highest BCUT2D eigenvalue weighted by atomic mass is 19.1. The molecule has 1 aliphatic rings. The summed E-state index contributed by atoms with van der Waals surface area (Å²) in [6.07, 6.45) is 5.15. The molecule has 1 aromatic heterocycles. The van der Waals surface area contributed by atoms with E-state index in [1.54, 1.807) is 53.7 Å². The average Bonchev–Trinajstić information content (AvgIpc) is 3.31. The largest absolute Gasteiger partial charge is 0.331 e. The number of imidazole rings is 1. The van der Waals surface area contributed by atoms with Gasteiger partial charge in [0.15, 0.2) is 0 Å². The second-order valence-electron chi connectivity index (χ2n) is 6.11. The van der Waals surface area contributed by atoms with Gasteiger partial charge in [0.2, 0.25) is 0 Å². The summed E-state index contributed by atoms with van der Waals surface area (Å²) in [6.45, 7) is 0.971. The van der Waals surface area contributed by atoms with E-state index < -0.39 is 0 Å². The predicted molar refractivity (Wildman–Crippen MR) is 96.7 cm³/mol. The quantitative estimate of drug-likeness (QED) is 0.790. The van der Waals surface area contributed by atoms with Crippen LogP contribution in [0.2, 0.25) is 0 Å². The molecular formula is C20H16FN3O2. The van der Waals surface area contributed by atoms with Crippen LogP contribution in [0.1, 0.15) is 15.9 Å². The summed E-state index contributed by atoms with van der Waals surface area (Å²) >= 11 is 0. The van der Waals surface area contributed by atoms with E-state index in [0.717, 1.165) is 11.1 Å². The van der Waals surface area contributed by atoms with Crippen LogP contribution in [-0.2, 0) is 0 Å². The number of amides is 1. The average molecular weight is 349 g/mol. The van der Waals surface area contributed by atoms with Gasteiger partial charge in [-0.2, -0.15) is 0 Å². The first-order valence-corrected chi connectivity index (χ1v) is 8.22. The number of nitrogens with one attached hydrogen (secondary N) is 1. The van der Waals surface area contributed by atoms with E-state index in [1.165, 1.54) is 16.7 Å². The van der Waals surface area contributed by atoms with E-state index in [2.05, 4.69) is 4.98 Å². The number of hydrogen-bond acceptors (Lipinski definition) is 2. The molecule has 0 fully saturated rings. The maximum atomic E-state index is 13.1. The Morgan fingerprint density at radius 3 is 2.65 bits per heavy atom. The normalized spacial score (nSPS) is 13.7. The second kappa shape index (κ2) is 6.48. The van der Waals surface area contributed by atoms with Crippen LogP contribution >= 0.6 is 0 Å². The summed E-state index contributed by atoms with van der Waals surface area (Å²) in [6, 6.07) is 13.2. The Balaban J connectivity index is 1.53. The molecule has 6 heteroatoms. The summed E-state index contributed by atoms with van der Waals surface area (Å²) in [7, 11) is 0. The van der Waals surface area contributed by atoms with Crippen LogP contribution in [-0.4, -0.2) is 33.4 Å². The number of rotatable bonds is 3. The van der Waals surface area contributed by atoms with Gasteiger partial charge >= 0.3 is 5.69 Å². The Kier molecular flexibility index (Phi) is 4.01. The molecule has 0 aliphatic carbocycles. The Labute approximate surface area is 149 Å². The first kappa shape index (κ1) is 16.1. The van der Waals surface area contributed by atoms with Crippen molar-refractivity contribution in [1.82, 2.24) is 14.5 Å². The van der Waals surface area contributed by atoms with Crippen molar-refractivity contribution in [3.05, 3.63) is 94.4 Å². The molecule has 0 saturated heterocycles. The molecule has 0 unspecified atom stereocenters. The van der Waals surface area contributed by atoms with Crippen molar-refractivity contribution in [2.45, 2.75) is 0 Å². The molecule has 1 amide bonds. The molecule has 0 atom stereocenters. The van der Waals surface area contributed by atoms with Gasteiger partial charge in [-0.15, -0.1) is 0 Å². The van der Waals surface area contributed by atoms with Gasteiger partial charge in [-0.25, -0.2) is 9.18 Å². The van der Waals surface area contributed by atoms with Crippen LogP contribution in [0.25, 0.3) is 11.3 Å². The molecule has 0 radical (unpaired) electrons. The maximum Gasteiger partial charge on any atom is 0.330 e. The number of carbonyl (C=O) groups excluding carboxylic acids is 1. The number of halogens is 1. The van der Waals surface area contributed by atoms with E-state index in [0.29, 0.717) is 24.3 Å². The Bertz CT molecular complexity index is 1050. The van der Waals surface area contributed by atoms with E-state index >= 15 is 0 Å². The number of hydrogen-bond donors (Lipinski definition) is 1. The SMILES string of the molecule is O=C(c1cccc(-n2cc[nH]c2=O)c1)N1CC=C(c2ccc(F)cc2)C1. The third kappa shape index (κ3) is 2.97. The molecule has 1 N–H and O–H groups in total. The fraction of sp³-hybridized carbons (Fsp3) is 0.100. The lowest BCUT2D eigenvalue weighted by Gasteiger charge is -2.17. The van der Waals surface area contributed by atoms with Gasteiger partial charge < -0.3 is 9.88 Å². The van der Waals surface area contributed by atoms with Crippen LogP contribution in [0.15, 0.2) is 71.8 Å². The minimum atomic E-state index is -0.280. The van der Waals surface area contributed by atoms with Gasteiger partial charge in [0, 0.05) is 31.0 Å². The Hall–Kier alpha value is -3.41. The third-order valence-corrected chi connectivity index (χ3v) is 4.44. The third-order valence-electron chi connectivity index (χ3n) is 4.44. The molecule has 130 valence electrons. The van der Waals surface area contributed by atoms with Crippen LogP contribution in [0.3, 0.4) is 0 Å². The van der Waals surface area contributed by atoms with Crippen molar-refractivity contribution in [2.24, 2.45) is 0 Å². The van der Waals surface area contributed by atoms with Crippen molar-refractivity contribution < 1.29 is 9.18 Å². The lowest BCUT2D eigenvalue weighted by molar-refractivity contribution is 0.0801.